The Morgan fingerprint density at radius 1 is 1.50 bits per heavy atom. The Bertz CT molecular complexity index is 267. The molecule has 0 spiro atoms. The fourth-order valence-corrected chi connectivity index (χ4v) is 1.48. The molecular weight excluding hydrogens is 232 g/mol. The third-order valence-corrected chi connectivity index (χ3v) is 2.38. The van der Waals surface area contributed by atoms with E-state index in [4.69, 9.17) is 11.6 Å². The predicted molar refractivity (Wildman–Crippen MR) is 52.4 cm³/mol. The van der Waals surface area contributed by atoms with Gasteiger partial charge in [-0.05, 0) is 13.3 Å². The van der Waals surface area contributed by atoms with Gasteiger partial charge in [0.1, 0.15) is 0 Å². The zero-order valence-corrected chi connectivity index (χ0v) is 9.32. The molecule has 0 radical (unpaired) electrons. The average Bonchev–Trinajstić information content (AvgIpc) is 2.03. The molecule has 14 heavy (non-hydrogen) atoms. The van der Waals surface area contributed by atoms with Crippen LogP contribution < -0.4 is 9.44 Å². The van der Waals surface area contributed by atoms with Crippen LogP contribution in [0.15, 0.2) is 0 Å². The van der Waals surface area contributed by atoms with Crippen molar-refractivity contribution in [1.82, 2.24) is 9.44 Å². The van der Waals surface area contributed by atoms with E-state index < -0.39 is 16.3 Å². The first-order valence-electron chi connectivity index (χ1n) is 4.02. The predicted octanol–water partition coefficient (Wildman–Crippen LogP) is 0.196. The molecule has 84 valence electrons. The Kier molecular flexibility index (Phi) is 6.60. The monoisotopic (exact) mass is 244 g/mol. The molecule has 8 heteroatoms. The van der Waals surface area contributed by atoms with Crippen LogP contribution in [-0.2, 0) is 14.9 Å². The fourth-order valence-electron chi connectivity index (χ4n) is 0.580. The summed E-state index contributed by atoms with van der Waals surface area (Å²) in [5.41, 5.74) is 0. The minimum atomic E-state index is -3.81. The van der Waals surface area contributed by atoms with Crippen molar-refractivity contribution in [1.29, 1.82) is 0 Å². The molecule has 1 amide bonds. The highest BCUT2D eigenvalue weighted by atomic mass is 35.5. The molecule has 0 fully saturated rings. The van der Waals surface area contributed by atoms with Crippen LogP contribution in [0.25, 0.3) is 0 Å². The van der Waals surface area contributed by atoms with Gasteiger partial charge in [0, 0.05) is 12.4 Å². The van der Waals surface area contributed by atoms with Gasteiger partial charge in [-0.2, -0.15) is 13.1 Å². The molecule has 0 unspecified atom stereocenters. The highest BCUT2D eigenvalue weighted by Crippen LogP contribution is 1.85. The quantitative estimate of drug-likeness (QED) is 0.516. The number of amides is 1. The number of hydrogen-bond acceptors (Lipinski definition) is 4. The third-order valence-electron chi connectivity index (χ3n) is 1.10. The van der Waals surface area contributed by atoms with Crippen LogP contribution in [-0.4, -0.2) is 33.5 Å². The van der Waals surface area contributed by atoms with Crippen molar-refractivity contribution in [3.05, 3.63) is 0 Å². The van der Waals surface area contributed by atoms with Crippen molar-refractivity contribution in [2.24, 2.45) is 0 Å². The van der Waals surface area contributed by atoms with Gasteiger partial charge in [-0.1, -0.05) is 0 Å². The van der Waals surface area contributed by atoms with Crippen LogP contribution in [0.3, 0.4) is 0 Å². The van der Waals surface area contributed by atoms with Gasteiger partial charge in [0.05, 0.1) is 6.61 Å². The van der Waals surface area contributed by atoms with E-state index in [1.807, 2.05) is 0 Å². The molecule has 0 atom stereocenters. The molecule has 0 bridgehead atoms. The Hall–Kier alpha value is -0.530. The maximum absolute atomic E-state index is 11.0. The lowest BCUT2D eigenvalue weighted by molar-refractivity contribution is 0.158. The Morgan fingerprint density at radius 3 is 2.64 bits per heavy atom. The van der Waals surface area contributed by atoms with Crippen molar-refractivity contribution in [3.63, 3.8) is 0 Å². The third kappa shape index (κ3) is 6.93. The lowest BCUT2D eigenvalue weighted by Gasteiger charge is -2.06. The van der Waals surface area contributed by atoms with Gasteiger partial charge in [0.25, 0.3) is 0 Å². The number of nitrogens with one attached hydrogen (secondary N) is 2. The molecule has 0 aliphatic rings. The molecule has 0 heterocycles. The number of carbonyl (C=O) groups excluding carboxylic acids is 1. The van der Waals surface area contributed by atoms with Gasteiger partial charge in [0.15, 0.2) is 0 Å². The van der Waals surface area contributed by atoms with Gasteiger partial charge in [-0.3, -0.25) is 0 Å². The second-order valence-electron chi connectivity index (χ2n) is 2.26. The fraction of sp³-hybridized carbons (Fsp3) is 0.833. The topological polar surface area (TPSA) is 84.5 Å². The van der Waals surface area contributed by atoms with Crippen LogP contribution in [0.1, 0.15) is 13.3 Å². The van der Waals surface area contributed by atoms with Crippen molar-refractivity contribution in [3.8, 4) is 0 Å². The summed E-state index contributed by atoms with van der Waals surface area (Å²) in [6.07, 6.45) is -0.503. The van der Waals surface area contributed by atoms with Crippen molar-refractivity contribution >= 4 is 27.9 Å². The van der Waals surface area contributed by atoms with Crippen LogP contribution in [0, 0.1) is 0 Å². The molecule has 0 saturated heterocycles. The second-order valence-corrected chi connectivity index (χ2v) is 4.14. The van der Waals surface area contributed by atoms with Crippen molar-refractivity contribution < 1.29 is 17.9 Å². The SMILES string of the molecule is CCOC(=O)NS(=O)(=O)NCCCCl. The van der Waals surface area contributed by atoms with E-state index in [1.165, 1.54) is 0 Å². The standard InChI is InChI=1S/C6H13ClN2O4S/c1-2-13-6(10)9-14(11,12)8-5-3-4-7/h8H,2-5H2,1H3,(H,9,10). The van der Waals surface area contributed by atoms with E-state index in [2.05, 4.69) is 9.46 Å². The molecule has 0 rings (SSSR count). The van der Waals surface area contributed by atoms with E-state index in [-0.39, 0.29) is 13.2 Å². The summed E-state index contributed by atoms with van der Waals surface area (Å²) in [5.74, 6) is 0.349. The highest BCUT2D eigenvalue weighted by Gasteiger charge is 2.13. The van der Waals surface area contributed by atoms with Gasteiger partial charge < -0.3 is 4.74 Å². The number of halogens is 1. The number of alkyl halides is 1. The molecule has 0 aliphatic heterocycles. The normalized spacial score (nSPS) is 11.0. The summed E-state index contributed by atoms with van der Waals surface area (Å²) < 4.78 is 30.2. The minimum Gasteiger partial charge on any atom is -0.449 e. The van der Waals surface area contributed by atoms with Gasteiger partial charge >= 0.3 is 16.3 Å². The van der Waals surface area contributed by atoms with Crippen molar-refractivity contribution in [2.45, 2.75) is 13.3 Å². The molecule has 0 aromatic carbocycles. The molecule has 0 aromatic rings. The van der Waals surface area contributed by atoms with Crippen LogP contribution in [0.4, 0.5) is 4.79 Å². The average molecular weight is 245 g/mol. The molecule has 0 saturated carbocycles. The zero-order chi connectivity index (χ0) is 11.0. The maximum atomic E-state index is 11.0. The maximum Gasteiger partial charge on any atom is 0.421 e. The Balaban J connectivity index is 3.89. The lowest BCUT2D eigenvalue weighted by atomic mass is 10.5. The van der Waals surface area contributed by atoms with Gasteiger partial charge in [-0.15, -0.1) is 11.6 Å². The molecule has 2 N–H and O–H groups in total. The highest BCUT2D eigenvalue weighted by molar-refractivity contribution is 7.88. The minimum absolute atomic E-state index is 0.114. The lowest BCUT2D eigenvalue weighted by Crippen LogP contribution is -2.40. The molecule has 6 nitrogen and oxygen atoms in total. The van der Waals surface area contributed by atoms with Crippen molar-refractivity contribution in [2.75, 3.05) is 19.0 Å². The summed E-state index contributed by atoms with van der Waals surface area (Å²) in [5, 5.41) is 0. The number of ether oxygens (including phenoxy) is 1. The second kappa shape index (κ2) is 6.86. The summed E-state index contributed by atoms with van der Waals surface area (Å²) in [6.45, 7) is 1.87. The first kappa shape index (κ1) is 13.5. The van der Waals surface area contributed by atoms with Crippen LogP contribution in [0.5, 0.6) is 0 Å². The van der Waals surface area contributed by atoms with Crippen LogP contribution >= 0.6 is 11.6 Å². The summed E-state index contributed by atoms with van der Waals surface area (Å²) in [7, 11) is -3.81. The van der Waals surface area contributed by atoms with Gasteiger partial charge in [0.2, 0.25) is 0 Å². The first-order chi connectivity index (χ1) is 6.52. The number of carbonyl (C=O) groups is 1. The number of rotatable bonds is 6. The van der Waals surface area contributed by atoms with E-state index in [1.54, 1.807) is 11.6 Å². The summed E-state index contributed by atoms with van der Waals surface area (Å²) >= 11 is 5.34. The number of hydrogen-bond donors (Lipinski definition) is 2. The van der Waals surface area contributed by atoms with Crippen LogP contribution in [0.2, 0.25) is 0 Å². The van der Waals surface area contributed by atoms with E-state index in [9.17, 15) is 13.2 Å². The Morgan fingerprint density at radius 2 is 2.14 bits per heavy atom. The smallest absolute Gasteiger partial charge is 0.421 e. The van der Waals surface area contributed by atoms with Gasteiger partial charge in [-0.25, -0.2) is 9.52 Å². The zero-order valence-electron chi connectivity index (χ0n) is 7.75. The summed E-state index contributed by atoms with van der Waals surface area (Å²) in [6, 6.07) is 0. The Labute approximate surface area is 88.1 Å². The molecule has 0 aliphatic carbocycles. The van der Waals surface area contributed by atoms with E-state index >= 15 is 0 Å². The first-order valence-corrected chi connectivity index (χ1v) is 6.03. The largest absolute Gasteiger partial charge is 0.449 e. The molecule has 0 aromatic heterocycles. The van der Waals surface area contributed by atoms with E-state index in [0.717, 1.165) is 0 Å². The molecular formula is C6H13ClN2O4S. The summed E-state index contributed by atoms with van der Waals surface area (Å²) in [4.78, 5) is 10.7. The van der Waals surface area contributed by atoms with E-state index in [0.29, 0.717) is 12.3 Å².